The van der Waals surface area contributed by atoms with Crippen molar-refractivity contribution in [2.75, 3.05) is 27.2 Å². The lowest BCUT2D eigenvalue weighted by atomic mass is 10.0. The highest BCUT2D eigenvalue weighted by atomic mass is 32.1. The molecule has 0 bridgehead atoms. The molecule has 0 saturated carbocycles. The van der Waals surface area contributed by atoms with E-state index in [4.69, 9.17) is 0 Å². The van der Waals surface area contributed by atoms with Crippen LogP contribution in [0.15, 0.2) is 41.1 Å². The van der Waals surface area contributed by atoms with Crippen molar-refractivity contribution in [1.29, 1.82) is 0 Å². The number of thiophene rings is 1. The van der Waals surface area contributed by atoms with E-state index < -0.39 is 17.8 Å². The van der Waals surface area contributed by atoms with Gasteiger partial charge in [-0.1, -0.05) is 18.2 Å². The fourth-order valence-electron chi connectivity index (χ4n) is 2.64. The molecule has 4 nitrogen and oxygen atoms in total. The zero-order valence-corrected chi connectivity index (χ0v) is 15.5. The summed E-state index contributed by atoms with van der Waals surface area (Å²) in [5, 5.41) is 9.39. The van der Waals surface area contributed by atoms with E-state index in [1.807, 2.05) is 35.8 Å². The maximum atomic E-state index is 13.0. The lowest BCUT2D eigenvalue weighted by Gasteiger charge is -2.24. The van der Waals surface area contributed by atoms with Crippen molar-refractivity contribution < 1.29 is 18.0 Å². The van der Waals surface area contributed by atoms with E-state index >= 15 is 0 Å². The van der Waals surface area contributed by atoms with Crippen LogP contribution < -0.4 is 10.6 Å². The molecule has 2 rings (SSSR count). The second-order valence-electron chi connectivity index (χ2n) is 6.08. The number of carbonyl (C=O) groups excluding carboxylic acids is 1. The summed E-state index contributed by atoms with van der Waals surface area (Å²) >= 11 is 1.59. The molecule has 2 N–H and O–H groups in total. The second-order valence-corrected chi connectivity index (χ2v) is 6.86. The summed E-state index contributed by atoms with van der Waals surface area (Å²) in [6.45, 7) is 0.540. The highest BCUT2D eigenvalue weighted by molar-refractivity contribution is 7.07. The third kappa shape index (κ3) is 5.74. The van der Waals surface area contributed by atoms with Crippen molar-refractivity contribution in [2.24, 2.45) is 0 Å². The average molecular weight is 385 g/mol. The molecule has 0 aliphatic carbocycles. The lowest BCUT2D eigenvalue weighted by Crippen LogP contribution is -2.41. The molecule has 2 amide bonds. The minimum atomic E-state index is -4.39. The summed E-state index contributed by atoms with van der Waals surface area (Å²) in [5.41, 5.74) is 0.622. The van der Waals surface area contributed by atoms with E-state index in [2.05, 4.69) is 10.6 Å². The molecule has 2 aromatic rings. The highest BCUT2D eigenvalue weighted by Crippen LogP contribution is 2.31. The Morgan fingerprint density at radius 3 is 2.54 bits per heavy atom. The monoisotopic (exact) mass is 385 g/mol. The van der Waals surface area contributed by atoms with E-state index in [-0.39, 0.29) is 24.6 Å². The van der Waals surface area contributed by atoms with Crippen LogP contribution in [0.3, 0.4) is 0 Å². The van der Waals surface area contributed by atoms with Crippen molar-refractivity contribution in [3.8, 4) is 0 Å². The number of nitrogens with one attached hydrogen (secondary N) is 2. The standard InChI is InChI=1S/C18H22F3N3OS/c1-24(2)16(14-8-10-26-12-14)11-23-17(25)22-9-7-13-5-3-4-6-15(13)18(19,20)21/h3-6,8,10,12,16H,7,9,11H2,1-2H3,(H2,22,23,25). The van der Waals surface area contributed by atoms with Crippen LogP contribution in [0.5, 0.6) is 0 Å². The van der Waals surface area contributed by atoms with Gasteiger partial charge in [0.05, 0.1) is 11.6 Å². The Labute approximate surface area is 155 Å². The predicted octanol–water partition coefficient (Wildman–Crippen LogP) is 3.91. The first-order valence-electron chi connectivity index (χ1n) is 8.14. The number of nitrogens with zero attached hydrogens (tertiary/aromatic N) is 1. The molecule has 0 radical (unpaired) electrons. The molecule has 0 aliphatic heterocycles. The Kier molecular flexibility index (Phi) is 7.05. The van der Waals surface area contributed by atoms with Gasteiger partial charge in [0.15, 0.2) is 0 Å². The molecule has 26 heavy (non-hydrogen) atoms. The molecule has 0 saturated heterocycles. The Hall–Kier alpha value is -2.06. The van der Waals surface area contributed by atoms with Crippen LogP contribution >= 0.6 is 11.3 Å². The first kappa shape index (κ1) is 20.3. The molecule has 1 aromatic heterocycles. The first-order chi connectivity index (χ1) is 12.3. The molecule has 1 heterocycles. The van der Waals surface area contributed by atoms with Crippen molar-refractivity contribution in [3.05, 3.63) is 57.8 Å². The van der Waals surface area contributed by atoms with Crippen LogP contribution in [0.25, 0.3) is 0 Å². The van der Waals surface area contributed by atoms with Gasteiger partial charge in [0.2, 0.25) is 0 Å². The summed E-state index contributed by atoms with van der Waals surface area (Å²) in [6, 6.07) is 7.06. The van der Waals surface area contributed by atoms with E-state index in [1.54, 1.807) is 17.4 Å². The van der Waals surface area contributed by atoms with E-state index in [0.29, 0.717) is 6.54 Å². The van der Waals surface area contributed by atoms with Gasteiger partial charge in [-0.15, -0.1) is 0 Å². The number of rotatable bonds is 7. The fourth-order valence-corrected chi connectivity index (χ4v) is 3.35. The van der Waals surface area contributed by atoms with Crippen molar-refractivity contribution >= 4 is 17.4 Å². The fraction of sp³-hybridized carbons (Fsp3) is 0.389. The highest BCUT2D eigenvalue weighted by Gasteiger charge is 2.32. The summed E-state index contributed by atoms with van der Waals surface area (Å²) in [6.07, 6.45) is -4.27. The molecule has 1 atom stereocenters. The lowest BCUT2D eigenvalue weighted by molar-refractivity contribution is -0.138. The van der Waals surface area contributed by atoms with Gasteiger partial charge < -0.3 is 15.5 Å². The third-order valence-electron chi connectivity index (χ3n) is 4.01. The Morgan fingerprint density at radius 1 is 1.19 bits per heavy atom. The minimum absolute atomic E-state index is 0.0398. The number of hydrogen-bond acceptors (Lipinski definition) is 3. The number of carbonyl (C=O) groups is 1. The smallest absolute Gasteiger partial charge is 0.338 e. The van der Waals surface area contributed by atoms with Crippen LogP contribution in [0, 0.1) is 0 Å². The molecule has 142 valence electrons. The summed E-state index contributed by atoms with van der Waals surface area (Å²) in [5.74, 6) is 0. The topological polar surface area (TPSA) is 44.4 Å². The number of benzene rings is 1. The van der Waals surface area contributed by atoms with E-state index in [0.717, 1.165) is 11.6 Å². The third-order valence-corrected chi connectivity index (χ3v) is 4.71. The summed E-state index contributed by atoms with van der Waals surface area (Å²) < 4.78 is 38.9. The van der Waals surface area contributed by atoms with Gasteiger partial charge in [-0.05, 0) is 54.5 Å². The van der Waals surface area contributed by atoms with Gasteiger partial charge in [0.25, 0.3) is 0 Å². The quantitative estimate of drug-likeness (QED) is 0.759. The Morgan fingerprint density at radius 2 is 1.92 bits per heavy atom. The Balaban J connectivity index is 1.83. The predicted molar refractivity (Wildman–Crippen MR) is 97.3 cm³/mol. The number of alkyl halides is 3. The van der Waals surface area contributed by atoms with Crippen LogP contribution in [-0.2, 0) is 12.6 Å². The molecule has 0 spiro atoms. The molecule has 0 aliphatic rings. The van der Waals surface area contributed by atoms with Crippen LogP contribution in [0.4, 0.5) is 18.0 Å². The van der Waals surface area contributed by atoms with Gasteiger partial charge in [0, 0.05) is 13.1 Å². The number of halogens is 3. The van der Waals surface area contributed by atoms with Crippen molar-refractivity contribution in [1.82, 2.24) is 15.5 Å². The average Bonchev–Trinajstić information content (AvgIpc) is 3.08. The zero-order valence-electron chi connectivity index (χ0n) is 14.6. The maximum Gasteiger partial charge on any atom is 0.416 e. The molecule has 8 heteroatoms. The maximum absolute atomic E-state index is 13.0. The largest absolute Gasteiger partial charge is 0.416 e. The van der Waals surface area contributed by atoms with E-state index in [1.165, 1.54) is 12.1 Å². The van der Waals surface area contributed by atoms with Crippen molar-refractivity contribution in [2.45, 2.75) is 18.6 Å². The van der Waals surface area contributed by atoms with Crippen LogP contribution in [-0.4, -0.2) is 38.1 Å². The van der Waals surface area contributed by atoms with Crippen LogP contribution in [0.2, 0.25) is 0 Å². The van der Waals surface area contributed by atoms with Gasteiger partial charge >= 0.3 is 12.2 Å². The van der Waals surface area contributed by atoms with Gasteiger partial charge in [-0.2, -0.15) is 24.5 Å². The molecule has 0 fully saturated rings. The number of hydrogen-bond donors (Lipinski definition) is 2. The SMILES string of the molecule is CN(C)C(CNC(=O)NCCc1ccccc1C(F)(F)F)c1ccsc1. The molecule has 1 aromatic carbocycles. The van der Waals surface area contributed by atoms with E-state index in [9.17, 15) is 18.0 Å². The summed E-state index contributed by atoms with van der Waals surface area (Å²) in [7, 11) is 3.85. The number of urea groups is 1. The van der Waals surface area contributed by atoms with Gasteiger partial charge in [-0.25, -0.2) is 4.79 Å². The first-order valence-corrected chi connectivity index (χ1v) is 9.08. The number of likely N-dealkylation sites (N-methyl/N-ethyl adjacent to an activating group) is 1. The minimum Gasteiger partial charge on any atom is -0.338 e. The van der Waals surface area contributed by atoms with Gasteiger partial charge in [0.1, 0.15) is 0 Å². The van der Waals surface area contributed by atoms with Gasteiger partial charge in [-0.3, -0.25) is 0 Å². The Bertz CT molecular complexity index is 702. The zero-order chi connectivity index (χ0) is 19.2. The molecular formula is C18H22F3N3OS. The van der Waals surface area contributed by atoms with Crippen LogP contribution in [0.1, 0.15) is 22.7 Å². The second kappa shape index (κ2) is 9.05. The molecular weight excluding hydrogens is 363 g/mol. The number of amides is 2. The molecule has 1 unspecified atom stereocenters. The summed E-state index contributed by atoms with van der Waals surface area (Å²) in [4.78, 5) is 14.0. The van der Waals surface area contributed by atoms with Crippen molar-refractivity contribution in [3.63, 3.8) is 0 Å². The normalized spacial score (nSPS) is 12.8.